The van der Waals surface area contributed by atoms with E-state index >= 15 is 0 Å². The van der Waals surface area contributed by atoms with Crippen molar-refractivity contribution in [2.24, 2.45) is 0 Å². The number of hydrogen-bond donors (Lipinski definition) is 1. The highest BCUT2D eigenvalue weighted by atomic mass is 16.6. The first kappa shape index (κ1) is 18.5. The van der Waals surface area contributed by atoms with Crippen LogP contribution in [0.1, 0.15) is 47.5 Å². The number of rotatable bonds is 3. The van der Waals surface area contributed by atoms with Gasteiger partial charge >= 0.3 is 6.09 Å². The molecule has 6 nitrogen and oxygen atoms in total. The molecule has 0 spiro atoms. The smallest absolute Gasteiger partial charge is 0.410 e. The Labute approximate surface area is 139 Å². The summed E-state index contributed by atoms with van der Waals surface area (Å²) in [7, 11) is 0. The molecule has 0 aromatic heterocycles. The fourth-order valence-electron chi connectivity index (χ4n) is 3.33. The summed E-state index contributed by atoms with van der Waals surface area (Å²) in [6.07, 6.45) is 1.68. The van der Waals surface area contributed by atoms with Gasteiger partial charge in [-0.3, -0.25) is 4.90 Å². The summed E-state index contributed by atoms with van der Waals surface area (Å²) in [4.78, 5) is 16.1. The molecule has 134 valence electrons. The van der Waals surface area contributed by atoms with E-state index in [-0.39, 0.29) is 18.2 Å². The SMILES string of the molecule is CC(C)OC1CCN([C@@H]2CN(C(=O)OC(C)(C)C)C[C@H]2O)CC1. The van der Waals surface area contributed by atoms with Crippen LogP contribution in [0, 0.1) is 0 Å². The Bertz CT molecular complexity index is 400. The molecule has 2 rings (SSSR count). The van der Waals surface area contributed by atoms with E-state index in [1.54, 1.807) is 4.90 Å². The lowest BCUT2D eigenvalue weighted by molar-refractivity contribution is -0.0401. The summed E-state index contributed by atoms with van der Waals surface area (Å²) in [5.74, 6) is 0. The molecule has 0 bridgehead atoms. The standard InChI is InChI=1S/C17H32N2O4/c1-12(2)22-13-6-8-18(9-7-13)14-10-19(11-15(14)20)16(21)23-17(3,4)5/h12-15,20H,6-11H2,1-5H3/t14-,15-/m1/s1. The summed E-state index contributed by atoms with van der Waals surface area (Å²) < 4.78 is 11.3. The first-order chi connectivity index (χ1) is 10.7. The van der Waals surface area contributed by atoms with Crippen LogP contribution in [0.5, 0.6) is 0 Å². The van der Waals surface area contributed by atoms with Crippen molar-refractivity contribution in [3.05, 3.63) is 0 Å². The van der Waals surface area contributed by atoms with Gasteiger partial charge in [-0.1, -0.05) is 0 Å². The van der Waals surface area contributed by atoms with Crippen LogP contribution in [-0.4, -0.2) is 77.1 Å². The molecule has 2 atom stereocenters. The summed E-state index contributed by atoms with van der Waals surface area (Å²) in [6.45, 7) is 12.4. The van der Waals surface area contributed by atoms with E-state index in [2.05, 4.69) is 18.7 Å². The number of β-amino-alcohol motifs (C(OH)–C–C–N with tert-alkyl or cyclic N) is 1. The van der Waals surface area contributed by atoms with Crippen LogP contribution in [0.15, 0.2) is 0 Å². The number of carbonyl (C=O) groups excluding carboxylic acids is 1. The van der Waals surface area contributed by atoms with Crippen LogP contribution in [0.4, 0.5) is 4.79 Å². The maximum atomic E-state index is 12.2. The van der Waals surface area contributed by atoms with Crippen LogP contribution in [-0.2, 0) is 9.47 Å². The zero-order valence-corrected chi connectivity index (χ0v) is 15.1. The summed E-state index contributed by atoms with van der Waals surface area (Å²) in [5.41, 5.74) is -0.507. The van der Waals surface area contributed by atoms with E-state index in [4.69, 9.17) is 9.47 Å². The van der Waals surface area contributed by atoms with Gasteiger partial charge < -0.3 is 19.5 Å². The van der Waals surface area contributed by atoms with Gasteiger partial charge in [0.15, 0.2) is 0 Å². The Hall–Kier alpha value is -0.850. The number of ether oxygens (including phenoxy) is 2. The molecule has 0 aromatic carbocycles. The molecule has 2 aliphatic heterocycles. The monoisotopic (exact) mass is 328 g/mol. The van der Waals surface area contributed by atoms with E-state index in [1.807, 2.05) is 20.8 Å². The number of amides is 1. The minimum Gasteiger partial charge on any atom is -0.444 e. The molecule has 2 heterocycles. The molecule has 6 heteroatoms. The summed E-state index contributed by atoms with van der Waals surface area (Å²) in [6, 6.07) is 0.00233. The molecule has 0 unspecified atom stereocenters. The van der Waals surface area contributed by atoms with Crippen molar-refractivity contribution in [3.63, 3.8) is 0 Å². The number of piperidine rings is 1. The van der Waals surface area contributed by atoms with Gasteiger partial charge in [0.2, 0.25) is 0 Å². The Balaban J connectivity index is 1.84. The molecule has 2 saturated heterocycles. The molecule has 0 saturated carbocycles. The number of likely N-dealkylation sites (tertiary alicyclic amines) is 2. The minimum absolute atomic E-state index is 0.00233. The number of nitrogens with zero attached hydrogens (tertiary/aromatic N) is 2. The Kier molecular flexibility index (Phi) is 5.92. The maximum absolute atomic E-state index is 12.2. The third-order valence-electron chi connectivity index (χ3n) is 4.32. The molecule has 23 heavy (non-hydrogen) atoms. The van der Waals surface area contributed by atoms with Gasteiger partial charge in [-0.2, -0.15) is 0 Å². The minimum atomic E-state index is -0.509. The zero-order chi connectivity index (χ0) is 17.2. The van der Waals surface area contributed by atoms with Gasteiger partial charge in [0.1, 0.15) is 5.60 Å². The van der Waals surface area contributed by atoms with E-state index in [9.17, 15) is 9.90 Å². The quantitative estimate of drug-likeness (QED) is 0.857. The highest BCUT2D eigenvalue weighted by Crippen LogP contribution is 2.24. The van der Waals surface area contributed by atoms with Gasteiger partial charge in [0, 0.05) is 19.6 Å². The van der Waals surface area contributed by atoms with E-state index in [0.29, 0.717) is 19.2 Å². The molecule has 0 aromatic rings. The first-order valence-electron chi connectivity index (χ1n) is 8.71. The normalized spacial score (nSPS) is 27.7. The van der Waals surface area contributed by atoms with Crippen molar-refractivity contribution in [3.8, 4) is 0 Å². The van der Waals surface area contributed by atoms with Gasteiger partial charge in [-0.05, 0) is 47.5 Å². The lowest BCUT2D eigenvalue weighted by Gasteiger charge is -2.37. The van der Waals surface area contributed by atoms with Crippen molar-refractivity contribution in [1.82, 2.24) is 9.80 Å². The summed E-state index contributed by atoms with van der Waals surface area (Å²) in [5, 5.41) is 10.3. The highest BCUT2D eigenvalue weighted by molar-refractivity contribution is 5.68. The van der Waals surface area contributed by atoms with Crippen LogP contribution >= 0.6 is 0 Å². The molecule has 0 radical (unpaired) electrons. The third-order valence-corrected chi connectivity index (χ3v) is 4.32. The van der Waals surface area contributed by atoms with E-state index < -0.39 is 11.7 Å². The molecule has 2 aliphatic rings. The lowest BCUT2D eigenvalue weighted by Crippen LogP contribution is -2.49. The highest BCUT2D eigenvalue weighted by Gasteiger charge is 2.40. The molecular formula is C17H32N2O4. The first-order valence-corrected chi connectivity index (χ1v) is 8.71. The number of aliphatic hydroxyl groups is 1. The largest absolute Gasteiger partial charge is 0.444 e. The lowest BCUT2D eigenvalue weighted by atomic mass is 10.0. The van der Waals surface area contributed by atoms with Crippen LogP contribution in [0.25, 0.3) is 0 Å². The second kappa shape index (κ2) is 7.36. The van der Waals surface area contributed by atoms with Crippen LogP contribution in [0.2, 0.25) is 0 Å². The average Bonchev–Trinajstić information content (AvgIpc) is 2.79. The second-order valence-corrected chi connectivity index (χ2v) is 7.94. The van der Waals surface area contributed by atoms with Gasteiger partial charge in [-0.25, -0.2) is 4.79 Å². The van der Waals surface area contributed by atoms with Crippen molar-refractivity contribution in [1.29, 1.82) is 0 Å². The zero-order valence-electron chi connectivity index (χ0n) is 15.1. The van der Waals surface area contributed by atoms with Crippen molar-refractivity contribution in [2.45, 2.75) is 77.4 Å². The summed E-state index contributed by atoms with van der Waals surface area (Å²) >= 11 is 0. The van der Waals surface area contributed by atoms with Gasteiger partial charge in [-0.15, -0.1) is 0 Å². The van der Waals surface area contributed by atoms with Crippen molar-refractivity contribution >= 4 is 6.09 Å². The molecule has 1 N–H and O–H groups in total. The third kappa shape index (κ3) is 5.33. The van der Waals surface area contributed by atoms with Gasteiger partial charge in [0.05, 0.1) is 30.9 Å². The van der Waals surface area contributed by atoms with Crippen LogP contribution in [0.3, 0.4) is 0 Å². The fraction of sp³-hybridized carbons (Fsp3) is 0.941. The van der Waals surface area contributed by atoms with Gasteiger partial charge in [0.25, 0.3) is 0 Å². The predicted octanol–water partition coefficient (Wildman–Crippen LogP) is 1.86. The fourth-order valence-corrected chi connectivity index (χ4v) is 3.33. The number of hydrogen-bond acceptors (Lipinski definition) is 5. The Morgan fingerprint density at radius 3 is 2.30 bits per heavy atom. The van der Waals surface area contributed by atoms with Crippen molar-refractivity contribution < 1.29 is 19.4 Å². The molecule has 1 amide bonds. The predicted molar refractivity (Wildman–Crippen MR) is 88.4 cm³/mol. The molecule has 0 aliphatic carbocycles. The second-order valence-electron chi connectivity index (χ2n) is 7.94. The topological polar surface area (TPSA) is 62.2 Å². The van der Waals surface area contributed by atoms with Crippen molar-refractivity contribution in [2.75, 3.05) is 26.2 Å². The van der Waals surface area contributed by atoms with E-state index in [1.165, 1.54) is 0 Å². The number of aliphatic hydroxyl groups excluding tert-OH is 1. The average molecular weight is 328 g/mol. The maximum Gasteiger partial charge on any atom is 0.410 e. The van der Waals surface area contributed by atoms with E-state index in [0.717, 1.165) is 25.9 Å². The Morgan fingerprint density at radius 1 is 1.17 bits per heavy atom. The van der Waals surface area contributed by atoms with Crippen LogP contribution < -0.4 is 0 Å². The molecule has 2 fully saturated rings. The molecular weight excluding hydrogens is 296 g/mol. The number of carbonyl (C=O) groups is 1. The Morgan fingerprint density at radius 2 is 1.78 bits per heavy atom.